The molecule has 1 heterocycles. The highest BCUT2D eigenvalue weighted by molar-refractivity contribution is 5.78. The van der Waals surface area contributed by atoms with Gasteiger partial charge in [0.05, 0.1) is 6.54 Å². The molecule has 0 aliphatic heterocycles. The number of carbonyl (C=O) groups excluding carboxylic acids is 1. The van der Waals surface area contributed by atoms with E-state index in [1.54, 1.807) is 11.8 Å². The van der Waals surface area contributed by atoms with Crippen molar-refractivity contribution in [3.05, 3.63) is 11.7 Å². The van der Waals surface area contributed by atoms with E-state index >= 15 is 0 Å². The van der Waals surface area contributed by atoms with E-state index in [2.05, 4.69) is 15.5 Å². The van der Waals surface area contributed by atoms with Gasteiger partial charge in [0.25, 0.3) is 0 Å². The van der Waals surface area contributed by atoms with Crippen LogP contribution in [0, 0.1) is 6.92 Å². The van der Waals surface area contributed by atoms with Gasteiger partial charge in [-0.3, -0.25) is 4.79 Å². The average Bonchev–Trinajstić information content (AvgIpc) is 2.72. The predicted octanol–water partition coefficient (Wildman–Crippen LogP) is 0.379. The molecule has 0 atom stereocenters. The summed E-state index contributed by atoms with van der Waals surface area (Å²) < 4.78 is 4.96. The van der Waals surface area contributed by atoms with Crippen LogP contribution in [-0.4, -0.2) is 47.1 Å². The second-order valence-corrected chi connectivity index (χ2v) is 3.73. The predicted molar refractivity (Wildman–Crippen MR) is 63.5 cm³/mol. The molecule has 96 valence electrons. The van der Waals surface area contributed by atoms with Crippen LogP contribution in [0.15, 0.2) is 4.52 Å². The molecular weight excluding hydrogens is 220 g/mol. The van der Waals surface area contributed by atoms with E-state index in [1.807, 2.05) is 13.8 Å². The first-order valence-electron chi connectivity index (χ1n) is 5.95. The van der Waals surface area contributed by atoms with E-state index in [4.69, 9.17) is 4.52 Å². The SMILES string of the molecule is CCN(CC)C(=O)CNCCc1nc(C)no1. The summed E-state index contributed by atoms with van der Waals surface area (Å²) in [7, 11) is 0. The van der Waals surface area contributed by atoms with E-state index in [-0.39, 0.29) is 5.91 Å². The number of nitrogens with one attached hydrogen (secondary N) is 1. The summed E-state index contributed by atoms with van der Waals surface area (Å²) in [5, 5.41) is 6.77. The fourth-order valence-electron chi connectivity index (χ4n) is 1.52. The minimum atomic E-state index is 0.122. The lowest BCUT2D eigenvalue weighted by Gasteiger charge is -2.18. The van der Waals surface area contributed by atoms with Gasteiger partial charge in [-0.1, -0.05) is 5.16 Å². The summed E-state index contributed by atoms with van der Waals surface area (Å²) in [4.78, 5) is 17.5. The molecule has 1 N–H and O–H groups in total. The van der Waals surface area contributed by atoms with Crippen LogP contribution in [0.3, 0.4) is 0 Å². The Morgan fingerprint density at radius 1 is 1.41 bits per heavy atom. The van der Waals surface area contributed by atoms with Gasteiger partial charge < -0.3 is 14.7 Å². The molecule has 0 aliphatic carbocycles. The highest BCUT2D eigenvalue weighted by Gasteiger charge is 2.08. The third-order valence-electron chi connectivity index (χ3n) is 2.48. The Morgan fingerprint density at radius 3 is 2.65 bits per heavy atom. The van der Waals surface area contributed by atoms with Crippen molar-refractivity contribution in [1.82, 2.24) is 20.4 Å². The Kier molecular flexibility index (Phi) is 5.62. The van der Waals surface area contributed by atoms with Gasteiger partial charge in [0.15, 0.2) is 5.82 Å². The maximum atomic E-state index is 11.6. The lowest BCUT2D eigenvalue weighted by Crippen LogP contribution is -2.38. The number of amides is 1. The summed E-state index contributed by atoms with van der Waals surface area (Å²) in [6, 6.07) is 0. The molecule has 0 aliphatic rings. The van der Waals surface area contributed by atoms with E-state index in [0.29, 0.717) is 31.2 Å². The molecule has 0 saturated heterocycles. The van der Waals surface area contributed by atoms with Crippen LogP contribution in [0.25, 0.3) is 0 Å². The molecule has 0 fully saturated rings. The summed E-state index contributed by atoms with van der Waals surface area (Å²) >= 11 is 0. The van der Waals surface area contributed by atoms with E-state index < -0.39 is 0 Å². The fraction of sp³-hybridized carbons (Fsp3) is 0.727. The van der Waals surface area contributed by atoms with Gasteiger partial charge in [-0.2, -0.15) is 4.98 Å². The van der Waals surface area contributed by atoms with Crippen LogP contribution in [0.5, 0.6) is 0 Å². The molecule has 1 rings (SSSR count). The molecular formula is C11H20N4O2. The fourth-order valence-corrected chi connectivity index (χ4v) is 1.52. The van der Waals surface area contributed by atoms with Gasteiger partial charge >= 0.3 is 0 Å². The lowest BCUT2D eigenvalue weighted by atomic mass is 10.4. The van der Waals surface area contributed by atoms with Crippen LogP contribution in [0.2, 0.25) is 0 Å². The van der Waals surface area contributed by atoms with Crippen LogP contribution < -0.4 is 5.32 Å². The third kappa shape index (κ3) is 4.52. The van der Waals surface area contributed by atoms with Crippen molar-refractivity contribution in [2.24, 2.45) is 0 Å². The summed E-state index contributed by atoms with van der Waals surface area (Å²) in [6.45, 7) is 8.25. The molecule has 1 amide bonds. The molecule has 17 heavy (non-hydrogen) atoms. The maximum Gasteiger partial charge on any atom is 0.236 e. The Morgan fingerprint density at radius 2 is 2.12 bits per heavy atom. The first-order valence-corrected chi connectivity index (χ1v) is 5.95. The Balaban J connectivity index is 2.17. The van der Waals surface area contributed by atoms with Crippen molar-refractivity contribution in [1.29, 1.82) is 0 Å². The molecule has 0 spiro atoms. The number of aromatic nitrogens is 2. The zero-order chi connectivity index (χ0) is 12.7. The molecule has 0 radical (unpaired) electrons. The summed E-state index contributed by atoms with van der Waals surface area (Å²) in [5.74, 6) is 1.36. The van der Waals surface area contributed by atoms with Crippen molar-refractivity contribution in [2.45, 2.75) is 27.2 Å². The highest BCUT2D eigenvalue weighted by Crippen LogP contribution is 1.95. The molecule has 0 unspecified atom stereocenters. The van der Waals surface area contributed by atoms with E-state index in [9.17, 15) is 4.79 Å². The Hall–Kier alpha value is -1.43. The molecule has 0 bridgehead atoms. The maximum absolute atomic E-state index is 11.6. The molecule has 1 aromatic heterocycles. The van der Waals surface area contributed by atoms with Crippen molar-refractivity contribution in [2.75, 3.05) is 26.2 Å². The molecule has 0 saturated carbocycles. The van der Waals surface area contributed by atoms with Crippen molar-refractivity contribution < 1.29 is 9.32 Å². The Bertz CT molecular complexity index is 347. The number of nitrogens with zero attached hydrogens (tertiary/aromatic N) is 3. The monoisotopic (exact) mass is 240 g/mol. The highest BCUT2D eigenvalue weighted by atomic mass is 16.5. The van der Waals surface area contributed by atoms with Gasteiger partial charge in [0.2, 0.25) is 11.8 Å². The number of carbonyl (C=O) groups is 1. The van der Waals surface area contributed by atoms with Crippen molar-refractivity contribution >= 4 is 5.91 Å². The number of rotatable bonds is 7. The van der Waals surface area contributed by atoms with E-state index in [0.717, 1.165) is 13.1 Å². The smallest absolute Gasteiger partial charge is 0.236 e. The van der Waals surface area contributed by atoms with Gasteiger partial charge in [0.1, 0.15) is 0 Å². The van der Waals surface area contributed by atoms with Crippen molar-refractivity contribution in [3.8, 4) is 0 Å². The number of likely N-dealkylation sites (N-methyl/N-ethyl adjacent to an activating group) is 1. The summed E-state index contributed by atoms with van der Waals surface area (Å²) in [5.41, 5.74) is 0. The number of aryl methyl sites for hydroxylation is 1. The van der Waals surface area contributed by atoms with Crippen LogP contribution in [0.1, 0.15) is 25.6 Å². The quantitative estimate of drug-likeness (QED) is 0.698. The third-order valence-corrected chi connectivity index (χ3v) is 2.48. The van der Waals surface area contributed by atoms with Gasteiger partial charge in [-0.25, -0.2) is 0 Å². The molecule has 0 aromatic carbocycles. The minimum absolute atomic E-state index is 0.122. The number of hydrogen-bond donors (Lipinski definition) is 1. The zero-order valence-corrected chi connectivity index (χ0v) is 10.7. The number of hydrogen-bond acceptors (Lipinski definition) is 5. The second kappa shape index (κ2) is 7.01. The van der Waals surface area contributed by atoms with Crippen LogP contribution >= 0.6 is 0 Å². The van der Waals surface area contributed by atoms with Crippen LogP contribution in [-0.2, 0) is 11.2 Å². The van der Waals surface area contributed by atoms with Crippen LogP contribution in [0.4, 0.5) is 0 Å². The molecule has 1 aromatic rings. The van der Waals surface area contributed by atoms with E-state index in [1.165, 1.54) is 0 Å². The average molecular weight is 240 g/mol. The molecule has 6 nitrogen and oxygen atoms in total. The topological polar surface area (TPSA) is 71.3 Å². The second-order valence-electron chi connectivity index (χ2n) is 3.73. The standard InChI is InChI=1S/C11H20N4O2/c1-4-15(5-2)11(16)8-12-7-6-10-13-9(3)14-17-10/h12H,4-8H2,1-3H3. The normalized spacial score (nSPS) is 10.5. The first kappa shape index (κ1) is 13.6. The minimum Gasteiger partial charge on any atom is -0.342 e. The van der Waals surface area contributed by atoms with Gasteiger partial charge in [0, 0.05) is 26.1 Å². The zero-order valence-electron chi connectivity index (χ0n) is 10.7. The van der Waals surface area contributed by atoms with Crippen molar-refractivity contribution in [3.63, 3.8) is 0 Å². The largest absolute Gasteiger partial charge is 0.342 e. The molecule has 6 heteroatoms. The lowest BCUT2D eigenvalue weighted by molar-refractivity contribution is -0.129. The first-order chi connectivity index (χ1) is 8.17. The Labute approximate surface area is 101 Å². The van der Waals surface area contributed by atoms with Gasteiger partial charge in [-0.15, -0.1) is 0 Å². The van der Waals surface area contributed by atoms with Gasteiger partial charge in [-0.05, 0) is 20.8 Å². The summed E-state index contributed by atoms with van der Waals surface area (Å²) in [6.07, 6.45) is 0.645.